The molecule has 2 atom stereocenters. The van der Waals surface area contributed by atoms with Crippen LogP contribution < -0.4 is 0 Å². The lowest BCUT2D eigenvalue weighted by Gasteiger charge is -2.29. The number of rotatable bonds is 50. The molecule has 2 aromatic rings. The van der Waals surface area contributed by atoms with Crippen LogP contribution >= 0.6 is 0 Å². The van der Waals surface area contributed by atoms with Crippen molar-refractivity contribution in [1.29, 1.82) is 0 Å². The third kappa shape index (κ3) is 38.8. The molecular weight excluding hydrogens is 905 g/mol. The SMILES string of the molecule is CCCCCCCCCCCCC(C)(CCCCCCCCCC)COC(=O)c1ccc(CC)cc1.CCCCCCCCCCCCC(C)(CCCCCCCCCC)COC(=O)c1ccc(CCCC)cc1. The van der Waals surface area contributed by atoms with E-state index in [9.17, 15) is 9.59 Å². The van der Waals surface area contributed by atoms with E-state index in [0.29, 0.717) is 24.3 Å². The molecule has 0 aliphatic rings. The Labute approximate surface area is 461 Å². The second kappa shape index (κ2) is 48.7. The van der Waals surface area contributed by atoms with Gasteiger partial charge in [-0.25, -0.2) is 9.59 Å². The fraction of sp³-hybridized carbons (Fsp3) is 0.800. The van der Waals surface area contributed by atoms with Gasteiger partial charge in [0.15, 0.2) is 0 Å². The molecule has 2 unspecified atom stereocenters. The largest absolute Gasteiger partial charge is 0.462 e. The van der Waals surface area contributed by atoms with Crippen molar-refractivity contribution in [2.75, 3.05) is 13.2 Å². The fourth-order valence-corrected chi connectivity index (χ4v) is 10.7. The molecule has 0 aliphatic heterocycles. The van der Waals surface area contributed by atoms with E-state index in [2.05, 4.69) is 67.5 Å². The highest BCUT2D eigenvalue weighted by atomic mass is 16.5. The molecule has 0 aromatic heterocycles. The van der Waals surface area contributed by atoms with Crippen LogP contribution in [-0.4, -0.2) is 25.2 Å². The summed E-state index contributed by atoms with van der Waals surface area (Å²) in [6.45, 7) is 19.3. The normalized spacial score (nSPS) is 13.0. The van der Waals surface area contributed by atoms with E-state index >= 15 is 0 Å². The van der Waals surface area contributed by atoms with Gasteiger partial charge < -0.3 is 9.47 Å². The molecule has 0 bridgehead atoms. The van der Waals surface area contributed by atoms with E-state index in [4.69, 9.17) is 9.47 Å². The first-order valence-electron chi connectivity index (χ1n) is 32.6. The molecule has 0 amide bonds. The number of unbranched alkanes of at least 4 members (excludes halogenated alkanes) is 33. The highest BCUT2D eigenvalue weighted by Crippen LogP contribution is 2.34. The maximum atomic E-state index is 12.8. The van der Waals surface area contributed by atoms with Crippen LogP contribution in [0.4, 0.5) is 0 Å². The Balaban J connectivity index is 0.000000741. The van der Waals surface area contributed by atoms with Crippen LogP contribution in [0, 0.1) is 10.8 Å². The molecular formula is C70H124O4. The van der Waals surface area contributed by atoms with Crippen molar-refractivity contribution >= 4 is 11.9 Å². The van der Waals surface area contributed by atoms with E-state index in [-0.39, 0.29) is 22.8 Å². The van der Waals surface area contributed by atoms with Crippen LogP contribution in [-0.2, 0) is 22.3 Å². The van der Waals surface area contributed by atoms with Crippen LogP contribution in [0.1, 0.15) is 357 Å². The molecule has 428 valence electrons. The molecule has 0 saturated carbocycles. The Bertz CT molecular complexity index is 1530. The number of hydrogen-bond donors (Lipinski definition) is 0. The first-order valence-corrected chi connectivity index (χ1v) is 32.6. The molecule has 0 fully saturated rings. The Morgan fingerprint density at radius 2 is 0.541 bits per heavy atom. The number of esters is 2. The van der Waals surface area contributed by atoms with Gasteiger partial charge in [-0.1, -0.05) is 317 Å². The summed E-state index contributed by atoms with van der Waals surface area (Å²) in [5.74, 6) is -0.319. The predicted molar refractivity (Wildman–Crippen MR) is 325 cm³/mol. The number of carbonyl (C=O) groups excluding carboxylic acids is 2. The molecule has 0 N–H and O–H groups in total. The fourth-order valence-electron chi connectivity index (χ4n) is 10.7. The van der Waals surface area contributed by atoms with Crippen LogP contribution in [0.5, 0.6) is 0 Å². The summed E-state index contributed by atoms with van der Waals surface area (Å²) in [7, 11) is 0. The van der Waals surface area contributed by atoms with Gasteiger partial charge in [0.1, 0.15) is 0 Å². The van der Waals surface area contributed by atoms with Gasteiger partial charge in [-0.15, -0.1) is 0 Å². The second-order valence-corrected chi connectivity index (χ2v) is 23.9. The van der Waals surface area contributed by atoms with Gasteiger partial charge in [-0.05, 0) is 80.3 Å². The second-order valence-electron chi connectivity index (χ2n) is 23.9. The van der Waals surface area contributed by atoms with Gasteiger partial charge in [0.05, 0.1) is 24.3 Å². The lowest BCUT2D eigenvalue weighted by atomic mass is 9.80. The minimum absolute atomic E-state index is 0.0963. The minimum atomic E-state index is -0.164. The summed E-state index contributed by atoms with van der Waals surface area (Å²) in [6.07, 6.45) is 58.0. The molecule has 0 heterocycles. The van der Waals surface area contributed by atoms with Crippen LogP contribution in [0.15, 0.2) is 48.5 Å². The topological polar surface area (TPSA) is 52.6 Å². The Morgan fingerprint density at radius 3 is 0.784 bits per heavy atom. The zero-order valence-electron chi connectivity index (χ0n) is 50.8. The molecule has 4 nitrogen and oxygen atoms in total. The molecule has 4 heteroatoms. The van der Waals surface area contributed by atoms with Gasteiger partial charge in [-0.3, -0.25) is 0 Å². The monoisotopic (exact) mass is 1030 g/mol. The predicted octanol–water partition coefficient (Wildman–Crippen LogP) is 23.3. The maximum absolute atomic E-state index is 12.8. The highest BCUT2D eigenvalue weighted by molar-refractivity contribution is 5.89. The van der Waals surface area contributed by atoms with Crippen molar-refractivity contribution < 1.29 is 19.1 Å². The van der Waals surface area contributed by atoms with Crippen molar-refractivity contribution in [2.24, 2.45) is 10.8 Å². The van der Waals surface area contributed by atoms with E-state index < -0.39 is 0 Å². The zero-order chi connectivity index (χ0) is 54.1. The van der Waals surface area contributed by atoms with Crippen LogP contribution in [0.2, 0.25) is 0 Å². The molecule has 0 spiro atoms. The molecule has 0 aliphatic carbocycles. The van der Waals surface area contributed by atoms with Crippen LogP contribution in [0.25, 0.3) is 0 Å². The van der Waals surface area contributed by atoms with Crippen molar-refractivity contribution in [3.8, 4) is 0 Å². The van der Waals surface area contributed by atoms with Crippen molar-refractivity contribution in [3.63, 3.8) is 0 Å². The van der Waals surface area contributed by atoms with Crippen molar-refractivity contribution in [2.45, 2.75) is 338 Å². The lowest BCUT2D eigenvalue weighted by molar-refractivity contribution is 0.0258. The number of hydrogen-bond acceptors (Lipinski definition) is 4. The number of aryl methyl sites for hydroxylation is 2. The van der Waals surface area contributed by atoms with Crippen molar-refractivity contribution in [3.05, 3.63) is 70.8 Å². The molecule has 0 radical (unpaired) electrons. The summed E-state index contributed by atoms with van der Waals surface area (Å²) < 4.78 is 11.8. The molecule has 2 aromatic carbocycles. The number of carbonyl (C=O) groups is 2. The Kier molecular flexibility index (Phi) is 45.7. The average Bonchev–Trinajstić information content (AvgIpc) is 3.42. The van der Waals surface area contributed by atoms with E-state index in [1.54, 1.807) is 0 Å². The van der Waals surface area contributed by atoms with Gasteiger partial charge in [0.2, 0.25) is 0 Å². The molecule has 0 saturated heterocycles. The highest BCUT2D eigenvalue weighted by Gasteiger charge is 2.27. The first kappa shape index (κ1) is 69.4. The Hall–Kier alpha value is -2.62. The third-order valence-corrected chi connectivity index (χ3v) is 16.2. The van der Waals surface area contributed by atoms with Crippen molar-refractivity contribution in [1.82, 2.24) is 0 Å². The van der Waals surface area contributed by atoms with E-state index in [1.807, 2.05) is 36.4 Å². The van der Waals surface area contributed by atoms with E-state index in [0.717, 1.165) is 12.8 Å². The Morgan fingerprint density at radius 1 is 0.311 bits per heavy atom. The number of benzene rings is 2. The molecule has 74 heavy (non-hydrogen) atoms. The molecule has 2 rings (SSSR count). The summed E-state index contributed by atoms with van der Waals surface area (Å²) in [6, 6.07) is 16.0. The smallest absolute Gasteiger partial charge is 0.338 e. The van der Waals surface area contributed by atoms with E-state index in [1.165, 1.54) is 281 Å². The van der Waals surface area contributed by atoms with Gasteiger partial charge in [0.25, 0.3) is 0 Å². The lowest BCUT2D eigenvalue weighted by Crippen LogP contribution is -2.25. The summed E-state index contributed by atoms with van der Waals surface area (Å²) in [5, 5.41) is 0. The first-order chi connectivity index (χ1) is 36.1. The summed E-state index contributed by atoms with van der Waals surface area (Å²) in [4.78, 5) is 25.6. The summed E-state index contributed by atoms with van der Waals surface area (Å²) >= 11 is 0. The summed E-state index contributed by atoms with van der Waals surface area (Å²) in [5.41, 5.74) is 4.13. The average molecular weight is 1030 g/mol. The number of ether oxygens (including phenoxy) is 2. The van der Waals surface area contributed by atoms with Gasteiger partial charge in [0, 0.05) is 10.8 Å². The standard InChI is InChI=1S/C36H64O2.C34H60O2/c1-5-8-11-13-15-17-18-20-22-24-31-36(4,30-23-21-19-16-14-12-9-6-2)32-38-35(37)34-28-26-33(27-29-34)25-10-7-3;1-5-8-10-12-14-16-17-19-21-23-29-34(4,28-22-20-18-15-13-11-9-6-2)30-36-33(35)32-26-24-31(7-3)25-27-32/h26-29H,5-25,30-32H2,1-4H3;24-27H,5-23,28-30H2,1-4H3. The van der Waals surface area contributed by atoms with Gasteiger partial charge >= 0.3 is 11.9 Å². The zero-order valence-corrected chi connectivity index (χ0v) is 50.8. The quantitative estimate of drug-likeness (QED) is 0.0489. The maximum Gasteiger partial charge on any atom is 0.338 e. The van der Waals surface area contributed by atoms with Gasteiger partial charge in [-0.2, -0.15) is 0 Å². The minimum Gasteiger partial charge on any atom is -0.462 e. The van der Waals surface area contributed by atoms with Crippen LogP contribution in [0.3, 0.4) is 0 Å². The third-order valence-electron chi connectivity index (χ3n) is 16.2.